The normalized spacial score (nSPS) is 51.2. The molecule has 1 unspecified atom stereocenters. The average molecular weight is 220 g/mol. The van der Waals surface area contributed by atoms with E-state index in [1.54, 1.807) is 0 Å². The Morgan fingerprint density at radius 2 is 2.13 bits per heavy atom. The van der Waals surface area contributed by atoms with Crippen molar-refractivity contribution in [3.8, 4) is 0 Å². The molecule has 15 heavy (non-hydrogen) atoms. The molecule has 3 N–H and O–H groups in total. The third kappa shape index (κ3) is 1.77. The first-order valence-corrected chi connectivity index (χ1v) is 4.99. The molecule has 6 heteroatoms. The number of hydrogen-bond acceptors (Lipinski definition) is 6. The second kappa shape index (κ2) is 3.97. The van der Waals surface area contributed by atoms with E-state index < -0.39 is 24.1 Å². The summed E-state index contributed by atoms with van der Waals surface area (Å²) in [6, 6.07) is 0. The third-order valence-corrected chi connectivity index (χ3v) is 2.82. The minimum Gasteiger partial charge on any atom is -0.394 e. The molecule has 2 aliphatic rings. The highest BCUT2D eigenvalue weighted by atomic mass is 16.8. The number of aliphatic hydroxyl groups excluding tert-OH is 3. The highest BCUT2D eigenvalue weighted by Gasteiger charge is 2.56. The minimum absolute atomic E-state index is 0.0584. The van der Waals surface area contributed by atoms with Gasteiger partial charge in [-0.3, -0.25) is 0 Å². The monoisotopic (exact) mass is 220 g/mol. The lowest BCUT2D eigenvalue weighted by Crippen LogP contribution is -2.54. The van der Waals surface area contributed by atoms with Crippen LogP contribution in [0.4, 0.5) is 0 Å². The molecule has 0 saturated carbocycles. The van der Waals surface area contributed by atoms with E-state index in [1.807, 2.05) is 6.92 Å². The van der Waals surface area contributed by atoms with Crippen molar-refractivity contribution in [3.05, 3.63) is 0 Å². The minimum atomic E-state index is -1.32. The van der Waals surface area contributed by atoms with E-state index in [0.29, 0.717) is 6.61 Å². The molecule has 1 spiro atoms. The van der Waals surface area contributed by atoms with Gasteiger partial charge in [-0.15, -0.1) is 0 Å². The molecule has 5 atom stereocenters. The van der Waals surface area contributed by atoms with Crippen molar-refractivity contribution in [1.82, 2.24) is 0 Å². The van der Waals surface area contributed by atoms with Crippen molar-refractivity contribution in [3.63, 3.8) is 0 Å². The molecule has 2 heterocycles. The Hall–Kier alpha value is -0.240. The predicted molar refractivity (Wildman–Crippen MR) is 48.1 cm³/mol. The first kappa shape index (κ1) is 11.3. The Morgan fingerprint density at radius 1 is 1.40 bits per heavy atom. The molecule has 2 rings (SSSR count). The van der Waals surface area contributed by atoms with E-state index in [4.69, 9.17) is 19.3 Å². The Morgan fingerprint density at radius 3 is 2.60 bits per heavy atom. The van der Waals surface area contributed by atoms with Crippen LogP contribution < -0.4 is 0 Å². The SMILES string of the molecule is CC1CO[C@]2(CO1)O[C@H](CO)[C@@H](O)[C@@H]2O. The van der Waals surface area contributed by atoms with Crippen LogP contribution in [-0.2, 0) is 14.2 Å². The van der Waals surface area contributed by atoms with Crippen LogP contribution in [0.5, 0.6) is 0 Å². The third-order valence-electron chi connectivity index (χ3n) is 2.82. The molecule has 0 aliphatic carbocycles. The van der Waals surface area contributed by atoms with Gasteiger partial charge in [-0.2, -0.15) is 0 Å². The number of ether oxygens (including phenoxy) is 3. The standard InChI is InChI=1S/C9H16O6/c1-5-3-14-9(4-13-5)8(12)7(11)6(2-10)15-9/h5-8,10-12H,2-4H2,1H3/t5?,6-,7-,8+,9-/m1/s1. The summed E-state index contributed by atoms with van der Waals surface area (Å²) in [4.78, 5) is 0. The molecule has 0 aromatic heterocycles. The van der Waals surface area contributed by atoms with Gasteiger partial charge >= 0.3 is 0 Å². The van der Waals surface area contributed by atoms with E-state index >= 15 is 0 Å². The van der Waals surface area contributed by atoms with Crippen LogP contribution in [0, 0.1) is 0 Å². The van der Waals surface area contributed by atoms with Gasteiger partial charge in [0, 0.05) is 0 Å². The van der Waals surface area contributed by atoms with Gasteiger partial charge in [0.05, 0.1) is 19.3 Å². The topological polar surface area (TPSA) is 88.4 Å². The van der Waals surface area contributed by atoms with Gasteiger partial charge in [0.25, 0.3) is 0 Å². The summed E-state index contributed by atoms with van der Waals surface area (Å²) in [6.07, 6.45) is -3.22. The molecule has 2 saturated heterocycles. The smallest absolute Gasteiger partial charge is 0.221 e. The fourth-order valence-corrected chi connectivity index (χ4v) is 1.85. The Kier molecular flexibility index (Phi) is 2.98. The predicted octanol–water partition coefficient (Wildman–Crippen LogP) is -1.77. The molecule has 88 valence electrons. The molecular weight excluding hydrogens is 204 g/mol. The maximum Gasteiger partial charge on any atom is 0.221 e. The summed E-state index contributed by atoms with van der Waals surface area (Å²) < 4.78 is 16.0. The van der Waals surface area contributed by atoms with Gasteiger partial charge < -0.3 is 29.5 Å². The average Bonchev–Trinajstić information content (AvgIpc) is 2.48. The van der Waals surface area contributed by atoms with Crippen LogP contribution >= 0.6 is 0 Å². The molecule has 2 fully saturated rings. The van der Waals surface area contributed by atoms with Gasteiger partial charge in [0.2, 0.25) is 5.79 Å². The van der Waals surface area contributed by atoms with Gasteiger partial charge in [-0.05, 0) is 6.92 Å². The maximum atomic E-state index is 9.77. The summed E-state index contributed by atoms with van der Waals surface area (Å²) in [7, 11) is 0. The van der Waals surface area contributed by atoms with Crippen LogP contribution in [0.25, 0.3) is 0 Å². The largest absolute Gasteiger partial charge is 0.394 e. The van der Waals surface area contributed by atoms with Crippen molar-refractivity contribution in [2.75, 3.05) is 19.8 Å². The van der Waals surface area contributed by atoms with E-state index in [-0.39, 0.29) is 19.3 Å². The molecule has 0 amide bonds. The molecule has 0 aromatic rings. The number of rotatable bonds is 1. The summed E-state index contributed by atoms with van der Waals surface area (Å²) in [5.41, 5.74) is 0. The second-order valence-corrected chi connectivity index (χ2v) is 4.02. The molecule has 0 bridgehead atoms. The van der Waals surface area contributed by atoms with Crippen molar-refractivity contribution >= 4 is 0 Å². The quantitative estimate of drug-likeness (QED) is 0.485. The lowest BCUT2D eigenvalue weighted by molar-refractivity contribution is -0.322. The molecule has 0 radical (unpaired) electrons. The molecule has 2 aliphatic heterocycles. The highest BCUT2D eigenvalue weighted by molar-refractivity contribution is 4.97. The van der Waals surface area contributed by atoms with Crippen LogP contribution in [0.2, 0.25) is 0 Å². The van der Waals surface area contributed by atoms with Crippen molar-refractivity contribution in [1.29, 1.82) is 0 Å². The number of hydrogen-bond donors (Lipinski definition) is 3. The second-order valence-electron chi connectivity index (χ2n) is 4.02. The first-order valence-electron chi connectivity index (χ1n) is 4.99. The van der Waals surface area contributed by atoms with Crippen molar-refractivity contribution < 1.29 is 29.5 Å². The van der Waals surface area contributed by atoms with Gasteiger partial charge in [-0.25, -0.2) is 0 Å². The van der Waals surface area contributed by atoms with Crippen LogP contribution in [0.15, 0.2) is 0 Å². The molecule has 6 nitrogen and oxygen atoms in total. The fourth-order valence-electron chi connectivity index (χ4n) is 1.85. The van der Waals surface area contributed by atoms with E-state index in [2.05, 4.69) is 0 Å². The number of aliphatic hydroxyl groups is 3. The lowest BCUT2D eigenvalue weighted by Gasteiger charge is -2.37. The van der Waals surface area contributed by atoms with Gasteiger partial charge in [-0.1, -0.05) is 0 Å². The van der Waals surface area contributed by atoms with Crippen molar-refractivity contribution in [2.24, 2.45) is 0 Å². The zero-order valence-electron chi connectivity index (χ0n) is 8.50. The molecule has 0 aromatic carbocycles. The molecular formula is C9H16O6. The zero-order valence-corrected chi connectivity index (χ0v) is 8.50. The highest BCUT2D eigenvalue weighted by Crippen LogP contribution is 2.35. The fraction of sp³-hybridized carbons (Fsp3) is 1.00. The summed E-state index contributed by atoms with van der Waals surface area (Å²) >= 11 is 0. The first-order chi connectivity index (χ1) is 7.09. The Labute approximate surface area is 87.4 Å². The maximum absolute atomic E-state index is 9.77. The summed E-state index contributed by atoms with van der Waals surface area (Å²) in [5.74, 6) is -1.32. The summed E-state index contributed by atoms with van der Waals surface area (Å²) in [5, 5.41) is 28.3. The van der Waals surface area contributed by atoms with Crippen molar-refractivity contribution in [2.45, 2.75) is 37.1 Å². The van der Waals surface area contributed by atoms with Gasteiger partial charge in [0.1, 0.15) is 24.9 Å². The zero-order chi connectivity index (χ0) is 11.1. The Balaban J connectivity index is 2.09. The van der Waals surface area contributed by atoms with Crippen LogP contribution in [0.3, 0.4) is 0 Å². The Bertz CT molecular complexity index is 225. The summed E-state index contributed by atoms with van der Waals surface area (Å²) in [6.45, 7) is 1.83. The van der Waals surface area contributed by atoms with Crippen LogP contribution in [-0.4, -0.2) is 65.3 Å². The van der Waals surface area contributed by atoms with E-state index in [1.165, 1.54) is 0 Å². The van der Waals surface area contributed by atoms with E-state index in [0.717, 1.165) is 0 Å². The lowest BCUT2D eigenvalue weighted by atomic mass is 10.1. The van der Waals surface area contributed by atoms with E-state index in [9.17, 15) is 10.2 Å². The van der Waals surface area contributed by atoms with Gasteiger partial charge in [0.15, 0.2) is 0 Å². The van der Waals surface area contributed by atoms with Crippen LogP contribution in [0.1, 0.15) is 6.92 Å².